The number of hydrogen-bond donors (Lipinski definition) is 0. The van der Waals surface area contributed by atoms with Crippen LogP contribution >= 0.6 is 11.6 Å². The average molecular weight is 275 g/mol. The van der Waals surface area contributed by atoms with Gasteiger partial charge in [0.05, 0.1) is 0 Å². The number of ether oxygens (including phenoxy) is 1. The van der Waals surface area contributed by atoms with Gasteiger partial charge in [-0.3, -0.25) is 9.59 Å². The van der Waals surface area contributed by atoms with Crippen LogP contribution < -0.4 is 4.74 Å². The molecule has 0 aliphatic rings. The summed E-state index contributed by atoms with van der Waals surface area (Å²) in [5, 5.41) is 0.627. The minimum absolute atomic E-state index is 0.361. The van der Waals surface area contributed by atoms with Crippen LogP contribution in [0.1, 0.15) is 17.3 Å². The number of carbonyl (C=O) groups excluding carboxylic acids is 2. The van der Waals surface area contributed by atoms with Crippen molar-refractivity contribution in [3.8, 4) is 16.9 Å². The average Bonchev–Trinajstić information content (AvgIpc) is 2.39. The number of esters is 1. The summed E-state index contributed by atoms with van der Waals surface area (Å²) in [6.45, 7) is 1.32. The van der Waals surface area contributed by atoms with Crippen LogP contribution in [-0.4, -0.2) is 12.3 Å². The summed E-state index contributed by atoms with van der Waals surface area (Å²) in [6.07, 6.45) is 0.707. The highest BCUT2D eigenvalue weighted by Crippen LogP contribution is 2.31. The first-order valence-corrected chi connectivity index (χ1v) is 6.01. The number of halogens is 1. The molecular weight excluding hydrogens is 264 g/mol. The Morgan fingerprint density at radius 2 is 1.84 bits per heavy atom. The molecule has 0 fully saturated rings. The van der Waals surface area contributed by atoms with Crippen molar-refractivity contribution in [3.05, 3.63) is 53.1 Å². The Hall–Kier alpha value is -2.13. The topological polar surface area (TPSA) is 43.4 Å². The maximum absolute atomic E-state index is 11.1. The van der Waals surface area contributed by atoms with Gasteiger partial charge in [-0.2, -0.15) is 0 Å². The van der Waals surface area contributed by atoms with E-state index in [-0.39, 0.29) is 0 Å². The Balaban J connectivity index is 2.51. The van der Waals surface area contributed by atoms with Crippen LogP contribution in [0.25, 0.3) is 11.1 Å². The molecule has 0 aliphatic heterocycles. The molecular formula is C15H11ClO3. The molecule has 0 bridgehead atoms. The van der Waals surface area contributed by atoms with E-state index in [0.717, 1.165) is 11.1 Å². The first kappa shape index (κ1) is 13.3. The quantitative estimate of drug-likeness (QED) is 0.486. The van der Waals surface area contributed by atoms with E-state index in [1.807, 2.05) is 12.1 Å². The van der Waals surface area contributed by atoms with Crippen molar-refractivity contribution in [3.63, 3.8) is 0 Å². The zero-order chi connectivity index (χ0) is 13.8. The smallest absolute Gasteiger partial charge is 0.308 e. The summed E-state index contributed by atoms with van der Waals surface area (Å²) >= 11 is 5.84. The van der Waals surface area contributed by atoms with E-state index in [0.29, 0.717) is 22.6 Å². The van der Waals surface area contributed by atoms with Gasteiger partial charge in [0.2, 0.25) is 0 Å². The third kappa shape index (κ3) is 3.20. The predicted octanol–water partition coefficient (Wildman–Crippen LogP) is 3.74. The van der Waals surface area contributed by atoms with E-state index < -0.39 is 5.97 Å². The van der Waals surface area contributed by atoms with Crippen molar-refractivity contribution in [1.82, 2.24) is 0 Å². The molecule has 4 heteroatoms. The fourth-order valence-electron chi connectivity index (χ4n) is 1.72. The van der Waals surface area contributed by atoms with Crippen LogP contribution in [0.4, 0.5) is 0 Å². The normalized spacial score (nSPS) is 10.0. The molecule has 96 valence electrons. The van der Waals surface area contributed by atoms with E-state index in [9.17, 15) is 9.59 Å². The van der Waals surface area contributed by atoms with Gasteiger partial charge in [-0.05, 0) is 29.8 Å². The second-order valence-electron chi connectivity index (χ2n) is 3.97. The summed E-state index contributed by atoms with van der Waals surface area (Å²) < 4.78 is 5.14. The highest BCUT2D eigenvalue weighted by atomic mass is 35.5. The summed E-state index contributed by atoms with van der Waals surface area (Å²) in [7, 11) is 0. The zero-order valence-corrected chi connectivity index (χ0v) is 11.0. The van der Waals surface area contributed by atoms with E-state index in [1.54, 1.807) is 30.3 Å². The third-order valence-electron chi connectivity index (χ3n) is 2.55. The maximum Gasteiger partial charge on any atom is 0.308 e. The monoisotopic (exact) mass is 274 g/mol. The Bertz CT molecular complexity index is 618. The number of rotatable bonds is 3. The van der Waals surface area contributed by atoms with Gasteiger partial charge >= 0.3 is 5.97 Å². The van der Waals surface area contributed by atoms with Gasteiger partial charge in [0.1, 0.15) is 12.0 Å². The SMILES string of the molecule is CC(=O)Oc1cc(C=O)ccc1-c1ccc(Cl)cc1. The minimum atomic E-state index is -0.432. The van der Waals surface area contributed by atoms with E-state index in [1.165, 1.54) is 6.92 Å². The minimum Gasteiger partial charge on any atom is -0.426 e. The van der Waals surface area contributed by atoms with Gasteiger partial charge in [0.25, 0.3) is 0 Å². The van der Waals surface area contributed by atoms with Crippen molar-refractivity contribution < 1.29 is 14.3 Å². The highest BCUT2D eigenvalue weighted by molar-refractivity contribution is 6.30. The lowest BCUT2D eigenvalue weighted by Crippen LogP contribution is -2.03. The first-order valence-electron chi connectivity index (χ1n) is 5.64. The largest absolute Gasteiger partial charge is 0.426 e. The standard InChI is InChI=1S/C15H11ClO3/c1-10(18)19-15-8-11(9-17)2-7-14(15)12-3-5-13(16)6-4-12/h2-9H,1H3. The van der Waals surface area contributed by atoms with Crippen LogP contribution in [0.3, 0.4) is 0 Å². The summed E-state index contributed by atoms with van der Waals surface area (Å²) in [5.74, 6) is -0.0716. The summed E-state index contributed by atoms with van der Waals surface area (Å²) in [6, 6.07) is 12.1. The van der Waals surface area contributed by atoms with Crippen molar-refractivity contribution in [2.24, 2.45) is 0 Å². The molecule has 0 N–H and O–H groups in total. The molecule has 2 aromatic carbocycles. The van der Waals surface area contributed by atoms with Crippen molar-refractivity contribution in [2.75, 3.05) is 0 Å². The number of benzene rings is 2. The molecule has 0 saturated carbocycles. The Kier molecular flexibility index (Phi) is 3.97. The molecule has 0 aliphatic carbocycles. The van der Waals surface area contributed by atoms with Crippen LogP contribution in [0.15, 0.2) is 42.5 Å². The Labute approximate surface area is 115 Å². The fraction of sp³-hybridized carbons (Fsp3) is 0.0667. The van der Waals surface area contributed by atoms with E-state index in [2.05, 4.69) is 0 Å². The zero-order valence-electron chi connectivity index (χ0n) is 10.2. The second-order valence-corrected chi connectivity index (χ2v) is 4.41. The van der Waals surface area contributed by atoms with Crippen LogP contribution in [-0.2, 0) is 4.79 Å². The predicted molar refractivity (Wildman–Crippen MR) is 73.6 cm³/mol. The molecule has 0 unspecified atom stereocenters. The van der Waals surface area contributed by atoms with E-state index in [4.69, 9.17) is 16.3 Å². The lowest BCUT2D eigenvalue weighted by Gasteiger charge is -2.10. The van der Waals surface area contributed by atoms with Gasteiger partial charge in [-0.25, -0.2) is 0 Å². The Morgan fingerprint density at radius 1 is 1.16 bits per heavy atom. The molecule has 0 heterocycles. The molecule has 0 saturated heterocycles. The van der Waals surface area contributed by atoms with E-state index >= 15 is 0 Å². The molecule has 0 radical (unpaired) electrons. The van der Waals surface area contributed by atoms with Crippen LogP contribution in [0, 0.1) is 0 Å². The summed E-state index contributed by atoms with van der Waals surface area (Å²) in [4.78, 5) is 21.9. The molecule has 2 rings (SSSR count). The van der Waals surface area contributed by atoms with Crippen molar-refractivity contribution in [2.45, 2.75) is 6.92 Å². The van der Waals surface area contributed by atoms with Gasteiger partial charge in [0, 0.05) is 23.1 Å². The first-order chi connectivity index (χ1) is 9.10. The lowest BCUT2D eigenvalue weighted by molar-refractivity contribution is -0.131. The lowest BCUT2D eigenvalue weighted by atomic mass is 10.0. The molecule has 0 amide bonds. The van der Waals surface area contributed by atoms with Crippen molar-refractivity contribution in [1.29, 1.82) is 0 Å². The number of aldehydes is 1. The molecule has 2 aromatic rings. The molecule has 3 nitrogen and oxygen atoms in total. The van der Waals surface area contributed by atoms with Gasteiger partial charge in [0.15, 0.2) is 0 Å². The van der Waals surface area contributed by atoms with Gasteiger partial charge < -0.3 is 4.74 Å². The Morgan fingerprint density at radius 3 is 2.42 bits per heavy atom. The second kappa shape index (κ2) is 5.67. The molecule has 19 heavy (non-hydrogen) atoms. The number of carbonyl (C=O) groups is 2. The fourth-order valence-corrected chi connectivity index (χ4v) is 1.85. The number of hydrogen-bond acceptors (Lipinski definition) is 3. The maximum atomic E-state index is 11.1. The molecule has 0 aromatic heterocycles. The molecule has 0 spiro atoms. The highest BCUT2D eigenvalue weighted by Gasteiger charge is 2.09. The van der Waals surface area contributed by atoms with Gasteiger partial charge in [-0.1, -0.05) is 29.8 Å². The summed E-state index contributed by atoms with van der Waals surface area (Å²) in [5.41, 5.74) is 2.05. The van der Waals surface area contributed by atoms with Gasteiger partial charge in [-0.15, -0.1) is 0 Å². The third-order valence-corrected chi connectivity index (χ3v) is 2.80. The molecule has 0 atom stereocenters. The van der Waals surface area contributed by atoms with Crippen molar-refractivity contribution >= 4 is 23.9 Å². The van der Waals surface area contributed by atoms with Crippen LogP contribution in [0.2, 0.25) is 5.02 Å². The van der Waals surface area contributed by atoms with Crippen LogP contribution in [0.5, 0.6) is 5.75 Å².